The van der Waals surface area contributed by atoms with Crippen LogP contribution < -0.4 is 0 Å². The van der Waals surface area contributed by atoms with Crippen LogP contribution >= 0.6 is 7.82 Å². The molecule has 0 saturated heterocycles. The summed E-state index contributed by atoms with van der Waals surface area (Å²) in [7, 11) is -4.34. The number of rotatable bonds is 3. The van der Waals surface area contributed by atoms with E-state index in [9.17, 15) is 4.57 Å². The average molecular weight is 190 g/mol. The maximum Gasteiger partial charge on any atom is 0.470 e. The lowest BCUT2D eigenvalue weighted by molar-refractivity contribution is 0.218. The Morgan fingerprint density at radius 2 is 2.17 bits per heavy atom. The zero-order valence-electron chi connectivity index (χ0n) is 6.73. The standard InChI is InChI=1S/C7H11O4P/c1-2-3-4-5-6-7-11-12(8,9)10/h2-3H,4,7H2,1H3,(H2,8,9,10). The number of allylic oxidation sites excluding steroid dienone is 2. The molecule has 68 valence electrons. The molecule has 0 saturated carbocycles. The van der Waals surface area contributed by atoms with Gasteiger partial charge in [-0.05, 0) is 6.92 Å². The van der Waals surface area contributed by atoms with Crippen molar-refractivity contribution in [2.75, 3.05) is 6.61 Å². The minimum Gasteiger partial charge on any atom is -0.303 e. The van der Waals surface area contributed by atoms with Gasteiger partial charge in [0, 0.05) is 6.42 Å². The number of phosphoric acid groups is 1. The van der Waals surface area contributed by atoms with Crippen molar-refractivity contribution >= 4 is 7.82 Å². The van der Waals surface area contributed by atoms with Crippen molar-refractivity contribution in [2.45, 2.75) is 13.3 Å². The van der Waals surface area contributed by atoms with E-state index in [1.165, 1.54) is 0 Å². The van der Waals surface area contributed by atoms with E-state index < -0.39 is 7.82 Å². The third-order valence-corrected chi connectivity index (χ3v) is 1.35. The molecular weight excluding hydrogens is 179 g/mol. The molecule has 12 heavy (non-hydrogen) atoms. The molecule has 5 heteroatoms. The second-order valence-electron chi connectivity index (χ2n) is 1.89. The van der Waals surface area contributed by atoms with Crippen molar-refractivity contribution in [2.24, 2.45) is 0 Å². The van der Waals surface area contributed by atoms with Crippen molar-refractivity contribution in [1.82, 2.24) is 0 Å². The number of hydrogen-bond donors (Lipinski definition) is 2. The maximum absolute atomic E-state index is 10.1. The Kier molecular flexibility index (Phi) is 5.69. The van der Waals surface area contributed by atoms with E-state index in [2.05, 4.69) is 16.4 Å². The van der Waals surface area contributed by atoms with E-state index in [1.807, 2.05) is 19.1 Å². The van der Waals surface area contributed by atoms with Gasteiger partial charge in [-0.2, -0.15) is 0 Å². The van der Waals surface area contributed by atoms with Crippen molar-refractivity contribution in [3.05, 3.63) is 12.2 Å². The van der Waals surface area contributed by atoms with Crippen LogP contribution in [0.4, 0.5) is 0 Å². The van der Waals surface area contributed by atoms with Crippen molar-refractivity contribution in [3.8, 4) is 11.8 Å². The molecule has 0 spiro atoms. The second kappa shape index (κ2) is 5.99. The molecule has 4 nitrogen and oxygen atoms in total. The van der Waals surface area contributed by atoms with Gasteiger partial charge in [0.1, 0.15) is 6.61 Å². The Morgan fingerprint density at radius 1 is 1.50 bits per heavy atom. The molecule has 0 aliphatic carbocycles. The van der Waals surface area contributed by atoms with Crippen molar-refractivity contribution < 1.29 is 18.9 Å². The molecule has 0 amide bonds. The fourth-order valence-electron chi connectivity index (χ4n) is 0.416. The predicted octanol–water partition coefficient (Wildman–Crippen LogP) is 1.07. The summed E-state index contributed by atoms with van der Waals surface area (Å²) in [5.41, 5.74) is 0. The Labute approximate surface area is 71.5 Å². The van der Waals surface area contributed by atoms with Gasteiger partial charge in [0.05, 0.1) is 0 Å². The first-order valence-corrected chi connectivity index (χ1v) is 4.86. The summed E-state index contributed by atoms with van der Waals surface area (Å²) in [6.45, 7) is 1.63. The highest BCUT2D eigenvalue weighted by molar-refractivity contribution is 7.46. The first-order valence-electron chi connectivity index (χ1n) is 3.33. The quantitative estimate of drug-likeness (QED) is 0.396. The van der Waals surface area contributed by atoms with Gasteiger partial charge >= 0.3 is 7.82 Å². The summed E-state index contributed by atoms with van der Waals surface area (Å²) in [5, 5.41) is 0. The SMILES string of the molecule is CC=CCC#CCOP(=O)(O)O. The van der Waals surface area contributed by atoms with E-state index >= 15 is 0 Å². The van der Waals surface area contributed by atoms with Gasteiger partial charge in [-0.15, -0.1) is 0 Å². The smallest absolute Gasteiger partial charge is 0.303 e. The zero-order chi connectivity index (χ0) is 9.45. The van der Waals surface area contributed by atoms with E-state index in [4.69, 9.17) is 9.79 Å². The van der Waals surface area contributed by atoms with Gasteiger partial charge in [-0.3, -0.25) is 4.52 Å². The van der Waals surface area contributed by atoms with E-state index in [0.717, 1.165) is 0 Å². The van der Waals surface area contributed by atoms with Crippen LogP contribution in [-0.2, 0) is 9.09 Å². The normalized spacial score (nSPS) is 11.2. The molecule has 0 radical (unpaired) electrons. The van der Waals surface area contributed by atoms with Gasteiger partial charge in [-0.1, -0.05) is 24.0 Å². The van der Waals surface area contributed by atoms with Crippen LogP contribution in [0.2, 0.25) is 0 Å². The molecule has 0 aliphatic heterocycles. The molecule has 0 aliphatic rings. The van der Waals surface area contributed by atoms with E-state index in [-0.39, 0.29) is 6.61 Å². The van der Waals surface area contributed by atoms with Gasteiger partial charge in [0.25, 0.3) is 0 Å². The summed E-state index contributed by atoms with van der Waals surface area (Å²) in [4.78, 5) is 16.5. The van der Waals surface area contributed by atoms with Crippen molar-refractivity contribution in [1.29, 1.82) is 0 Å². The van der Waals surface area contributed by atoms with Crippen LogP contribution in [0.3, 0.4) is 0 Å². The molecule has 0 bridgehead atoms. The molecule has 0 rings (SSSR count). The highest BCUT2D eigenvalue weighted by atomic mass is 31.2. The van der Waals surface area contributed by atoms with Gasteiger partial charge < -0.3 is 9.79 Å². The second-order valence-corrected chi connectivity index (χ2v) is 3.13. The highest BCUT2D eigenvalue weighted by Gasteiger charge is 2.11. The first kappa shape index (κ1) is 11.4. The molecule has 0 atom stereocenters. The Morgan fingerprint density at radius 3 is 2.67 bits per heavy atom. The summed E-state index contributed by atoms with van der Waals surface area (Å²) in [6.07, 6.45) is 4.25. The fraction of sp³-hybridized carbons (Fsp3) is 0.429. The topological polar surface area (TPSA) is 66.8 Å². The van der Waals surface area contributed by atoms with Crippen LogP contribution in [0.25, 0.3) is 0 Å². The molecule has 0 aromatic heterocycles. The van der Waals surface area contributed by atoms with Gasteiger partial charge in [-0.25, -0.2) is 4.57 Å². The maximum atomic E-state index is 10.1. The minimum absolute atomic E-state index is 0.234. The molecule has 0 aromatic rings. The third-order valence-electron chi connectivity index (χ3n) is 0.886. The Hall–Kier alpha value is -0.590. The molecule has 0 heterocycles. The number of hydrogen-bond acceptors (Lipinski definition) is 2. The fourth-order valence-corrected chi connectivity index (χ4v) is 0.649. The van der Waals surface area contributed by atoms with Crippen molar-refractivity contribution in [3.63, 3.8) is 0 Å². The summed E-state index contributed by atoms with van der Waals surface area (Å²) >= 11 is 0. The lowest BCUT2D eigenvalue weighted by Gasteiger charge is -1.98. The Bertz CT molecular complexity index is 242. The highest BCUT2D eigenvalue weighted by Crippen LogP contribution is 2.34. The molecule has 0 aromatic carbocycles. The monoisotopic (exact) mass is 190 g/mol. The lowest BCUT2D eigenvalue weighted by atomic mass is 10.4. The zero-order valence-corrected chi connectivity index (χ0v) is 7.62. The molecule has 2 N–H and O–H groups in total. The molecule has 0 fully saturated rings. The minimum atomic E-state index is -4.34. The lowest BCUT2D eigenvalue weighted by Crippen LogP contribution is -1.87. The van der Waals surface area contributed by atoms with Crippen LogP contribution in [0.5, 0.6) is 0 Å². The largest absolute Gasteiger partial charge is 0.470 e. The van der Waals surface area contributed by atoms with E-state index in [0.29, 0.717) is 6.42 Å². The average Bonchev–Trinajstić information content (AvgIpc) is 1.94. The van der Waals surface area contributed by atoms with Crippen LogP contribution in [0.15, 0.2) is 12.2 Å². The summed E-state index contributed by atoms with van der Waals surface area (Å²) in [6, 6.07) is 0. The summed E-state index contributed by atoms with van der Waals surface area (Å²) < 4.78 is 14.2. The predicted molar refractivity (Wildman–Crippen MR) is 45.2 cm³/mol. The van der Waals surface area contributed by atoms with E-state index in [1.54, 1.807) is 0 Å². The van der Waals surface area contributed by atoms with Crippen LogP contribution in [-0.4, -0.2) is 16.4 Å². The Balaban J connectivity index is 3.53. The third kappa shape index (κ3) is 9.41. The molecule has 0 unspecified atom stereocenters. The first-order chi connectivity index (χ1) is 5.56. The molecular formula is C7H11O4P. The number of phosphoric ester groups is 1. The van der Waals surface area contributed by atoms with Crippen LogP contribution in [0.1, 0.15) is 13.3 Å². The van der Waals surface area contributed by atoms with Gasteiger partial charge in [0.2, 0.25) is 0 Å². The van der Waals surface area contributed by atoms with Gasteiger partial charge in [0.15, 0.2) is 0 Å². The van der Waals surface area contributed by atoms with Crippen LogP contribution in [0, 0.1) is 11.8 Å². The summed E-state index contributed by atoms with van der Waals surface area (Å²) in [5.74, 6) is 5.11.